The SMILES string of the molecule is CCCC(=O)Nc1ccc(CN=C(NCC)N(C)Cc2csc(C(C)OC)n2)cc1. The zero-order valence-corrected chi connectivity index (χ0v) is 19.4. The molecule has 0 aliphatic carbocycles. The van der Waals surface area contributed by atoms with Crippen LogP contribution in [-0.2, 0) is 22.6 Å². The molecule has 1 unspecified atom stereocenters. The number of nitrogens with zero attached hydrogens (tertiary/aromatic N) is 3. The van der Waals surface area contributed by atoms with E-state index in [1.54, 1.807) is 18.4 Å². The number of rotatable bonds is 10. The van der Waals surface area contributed by atoms with Crippen molar-refractivity contribution in [2.45, 2.75) is 52.8 Å². The Balaban J connectivity index is 1.99. The molecule has 1 heterocycles. The maximum absolute atomic E-state index is 11.7. The van der Waals surface area contributed by atoms with Crippen LogP contribution in [-0.4, -0.2) is 42.5 Å². The maximum Gasteiger partial charge on any atom is 0.224 e. The fraction of sp³-hybridized carbons (Fsp3) is 0.500. The summed E-state index contributed by atoms with van der Waals surface area (Å²) in [6, 6.07) is 7.83. The molecule has 30 heavy (non-hydrogen) atoms. The lowest BCUT2D eigenvalue weighted by Gasteiger charge is -2.21. The normalized spacial score (nSPS) is 12.5. The van der Waals surface area contributed by atoms with Gasteiger partial charge in [-0.15, -0.1) is 11.3 Å². The van der Waals surface area contributed by atoms with Gasteiger partial charge in [-0.1, -0.05) is 19.1 Å². The van der Waals surface area contributed by atoms with Crippen LogP contribution in [0.3, 0.4) is 0 Å². The van der Waals surface area contributed by atoms with E-state index in [9.17, 15) is 4.79 Å². The Labute approximate surface area is 183 Å². The number of carbonyl (C=O) groups excluding carboxylic acids is 1. The number of amides is 1. The first-order valence-electron chi connectivity index (χ1n) is 10.3. The van der Waals surface area contributed by atoms with Crippen molar-refractivity contribution in [2.24, 2.45) is 4.99 Å². The minimum Gasteiger partial charge on any atom is -0.375 e. The van der Waals surface area contributed by atoms with Gasteiger partial charge in [0.2, 0.25) is 5.91 Å². The summed E-state index contributed by atoms with van der Waals surface area (Å²) in [5.74, 6) is 0.872. The van der Waals surface area contributed by atoms with E-state index in [4.69, 9.17) is 9.73 Å². The Hall–Kier alpha value is -2.45. The van der Waals surface area contributed by atoms with Gasteiger partial charge in [0.1, 0.15) is 11.1 Å². The number of hydrogen-bond donors (Lipinski definition) is 2. The summed E-state index contributed by atoms with van der Waals surface area (Å²) < 4.78 is 5.34. The molecular weight excluding hydrogens is 398 g/mol. The van der Waals surface area contributed by atoms with Crippen LogP contribution in [0.15, 0.2) is 34.6 Å². The predicted molar refractivity (Wildman–Crippen MR) is 124 cm³/mol. The molecule has 0 saturated heterocycles. The van der Waals surface area contributed by atoms with Gasteiger partial charge < -0.3 is 20.3 Å². The zero-order chi connectivity index (χ0) is 21.9. The molecule has 1 aromatic heterocycles. The molecule has 2 rings (SSSR count). The summed E-state index contributed by atoms with van der Waals surface area (Å²) in [4.78, 5) is 23.2. The van der Waals surface area contributed by atoms with Gasteiger partial charge >= 0.3 is 0 Å². The molecule has 0 spiro atoms. The van der Waals surface area contributed by atoms with E-state index in [0.717, 1.165) is 40.9 Å². The van der Waals surface area contributed by atoms with E-state index >= 15 is 0 Å². The topological polar surface area (TPSA) is 78.9 Å². The first kappa shape index (κ1) is 23.8. The minimum absolute atomic E-state index is 0.00527. The smallest absolute Gasteiger partial charge is 0.224 e. The molecule has 164 valence electrons. The molecule has 7 nitrogen and oxygen atoms in total. The first-order chi connectivity index (χ1) is 14.5. The van der Waals surface area contributed by atoms with Gasteiger partial charge in [0.15, 0.2) is 5.96 Å². The molecule has 0 aliphatic rings. The van der Waals surface area contributed by atoms with Crippen molar-refractivity contribution in [1.82, 2.24) is 15.2 Å². The van der Waals surface area contributed by atoms with Gasteiger partial charge in [0.05, 0.1) is 18.8 Å². The van der Waals surface area contributed by atoms with Gasteiger partial charge in [0, 0.05) is 38.2 Å². The summed E-state index contributed by atoms with van der Waals surface area (Å²) in [6.07, 6.45) is 1.38. The Morgan fingerprint density at radius 2 is 2.03 bits per heavy atom. The number of anilines is 1. The van der Waals surface area contributed by atoms with Gasteiger partial charge in [-0.3, -0.25) is 4.79 Å². The van der Waals surface area contributed by atoms with Crippen LogP contribution < -0.4 is 10.6 Å². The van der Waals surface area contributed by atoms with Crippen LogP contribution in [0, 0.1) is 0 Å². The number of ether oxygens (including phenoxy) is 1. The van der Waals surface area contributed by atoms with Crippen LogP contribution in [0.5, 0.6) is 0 Å². The Kier molecular flexibility index (Phi) is 9.76. The standard InChI is InChI=1S/C22H33N5O2S/c1-6-8-20(28)25-18-11-9-17(10-12-18)13-24-22(23-7-2)27(4)14-19-15-30-21(26-19)16(3)29-5/h9-12,15-16H,6-8,13-14H2,1-5H3,(H,23,24)(H,25,28). The van der Waals surface area contributed by atoms with Gasteiger partial charge in [-0.05, 0) is 38.0 Å². The summed E-state index contributed by atoms with van der Waals surface area (Å²) in [5, 5.41) is 9.29. The largest absolute Gasteiger partial charge is 0.375 e. The summed E-state index contributed by atoms with van der Waals surface area (Å²) >= 11 is 1.61. The third kappa shape index (κ3) is 7.42. The molecule has 0 fully saturated rings. The molecule has 2 N–H and O–H groups in total. The summed E-state index contributed by atoms with van der Waals surface area (Å²) in [5.41, 5.74) is 2.89. The van der Waals surface area contributed by atoms with Gasteiger partial charge in [0.25, 0.3) is 0 Å². The Morgan fingerprint density at radius 3 is 2.67 bits per heavy atom. The van der Waals surface area contributed by atoms with Crippen molar-refractivity contribution in [1.29, 1.82) is 0 Å². The molecule has 0 radical (unpaired) electrons. The number of guanidine groups is 1. The maximum atomic E-state index is 11.7. The van der Waals surface area contributed by atoms with Crippen molar-refractivity contribution < 1.29 is 9.53 Å². The van der Waals surface area contributed by atoms with Crippen LogP contribution in [0.25, 0.3) is 0 Å². The number of thiazole rings is 1. The highest BCUT2D eigenvalue weighted by atomic mass is 32.1. The highest BCUT2D eigenvalue weighted by molar-refractivity contribution is 7.09. The van der Waals surface area contributed by atoms with Gasteiger partial charge in [-0.2, -0.15) is 0 Å². The third-order valence-electron chi connectivity index (χ3n) is 4.49. The summed E-state index contributed by atoms with van der Waals surface area (Å²) in [7, 11) is 3.70. The average molecular weight is 432 g/mol. The molecule has 0 aliphatic heterocycles. The Bertz CT molecular complexity index is 819. The third-order valence-corrected chi connectivity index (χ3v) is 5.55. The molecule has 1 amide bonds. The zero-order valence-electron chi connectivity index (χ0n) is 18.6. The van der Waals surface area contributed by atoms with E-state index in [0.29, 0.717) is 19.5 Å². The van der Waals surface area contributed by atoms with Gasteiger partial charge in [-0.25, -0.2) is 9.98 Å². The monoisotopic (exact) mass is 431 g/mol. The molecule has 0 saturated carbocycles. The molecule has 2 aromatic rings. The van der Waals surface area contributed by atoms with Crippen LogP contribution in [0.4, 0.5) is 5.69 Å². The first-order valence-corrected chi connectivity index (χ1v) is 11.2. The number of carbonyl (C=O) groups is 1. The number of aromatic nitrogens is 1. The molecule has 1 aromatic carbocycles. The lowest BCUT2D eigenvalue weighted by molar-refractivity contribution is -0.116. The van der Waals surface area contributed by atoms with E-state index in [1.807, 2.05) is 45.2 Å². The predicted octanol–water partition coefficient (Wildman–Crippen LogP) is 4.19. The number of aliphatic imine (C=N–C) groups is 1. The van der Waals surface area contributed by atoms with Crippen molar-refractivity contribution in [3.8, 4) is 0 Å². The van der Waals surface area contributed by atoms with Crippen molar-refractivity contribution in [3.05, 3.63) is 45.9 Å². The Morgan fingerprint density at radius 1 is 1.30 bits per heavy atom. The fourth-order valence-electron chi connectivity index (χ4n) is 2.78. The van der Waals surface area contributed by atoms with Crippen molar-refractivity contribution >= 4 is 28.9 Å². The van der Waals surface area contributed by atoms with Crippen molar-refractivity contribution in [3.63, 3.8) is 0 Å². The lowest BCUT2D eigenvalue weighted by Crippen LogP contribution is -2.38. The number of hydrogen-bond acceptors (Lipinski definition) is 5. The highest BCUT2D eigenvalue weighted by Crippen LogP contribution is 2.21. The van der Waals surface area contributed by atoms with Crippen LogP contribution in [0.2, 0.25) is 0 Å². The number of methoxy groups -OCH3 is 1. The average Bonchev–Trinajstić information content (AvgIpc) is 3.20. The van der Waals surface area contributed by atoms with Crippen molar-refractivity contribution in [2.75, 3.05) is 26.0 Å². The second-order valence-electron chi connectivity index (χ2n) is 7.08. The minimum atomic E-state index is 0.00527. The lowest BCUT2D eigenvalue weighted by atomic mass is 10.2. The van der Waals surface area contributed by atoms with E-state index in [1.165, 1.54) is 0 Å². The quantitative estimate of drug-likeness (QED) is 0.436. The second kappa shape index (κ2) is 12.3. The van der Waals surface area contributed by atoms with Crippen LogP contribution >= 0.6 is 11.3 Å². The molecule has 0 bridgehead atoms. The van der Waals surface area contributed by atoms with E-state index in [-0.39, 0.29) is 12.0 Å². The highest BCUT2D eigenvalue weighted by Gasteiger charge is 2.12. The fourth-order valence-corrected chi connectivity index (χ4v) is 3.62. The van der Waals surface area contributed by atoms with Crippen LogP contribution in [0.1, 0.15) is 56.0 Å². The van der Waals surface area contributed by atoms with E-state index in [2.05, 4.69) is 32.8 Å². The molecule has 8 heteroatoms. The summed E-state index contributed by atoms with van der Waals surface area (Å²) in [6.45, 7) is 8.05. The second-order valence-corrected chi connectivity index (χ2v) is 7.97. The molecule has 1 atom stereocenters. The molecular formula is C22H33N5O2S. The number of nitrogens with one attached hydrogen (secondary N) is 2. The number of benzene rings is 1. The van der Waals surface area contributed by atoms with E-state index < -0.39 is 0 Å².